The van der Waals surface area contributed by atoms with Crippen LogP contribution in [0.25, 0.3) is 6.08 Å². The molecule has 1 N–H and O–H groups in total. The Kier molecular flexibility index (Phi) is 4.66. The normalized spacial score (nSPS) is 10.6. The summed E-state index contributed by atoms with van der Waals surface area (Å²) in [6.45, 7) is 5.54. The lowest BCUT2D eigenvalue weighted by molar-refractivity contribution is -0.137. The van der Waals surface area contributed by atoms with Gasteiger partial charge in [-0.1, -0.05) is 12.1 Å². The molecule has 0 aliphatic rings. The highest BCUT2D eigenvalue weighted by atomic mass is 16.5. The van der Waals surface area contributed by atoms with Gasteiger partial charge < -0.3 is 9.84 Å². The Morgan fingerprint density at radius 1 is 1.28 bits per heavy atom. The van der Waals surface area contributed by atoms with E-state index in [0.717, 1.165) is 5.56 Å². The van der Waals surface area contributed by atoms with Gasteiger partial charge in [0.05, 0.1) is 12.2 Å². The Hall–Kier alpha value is -2.10. The van der Waals surface area contributed by atoms with Crippen molar-refractivity contribution in [2.45, 2.75) is 20.8 Å². The fourth-order valence-electron chi connectivity index (χ4n) is 1.79. The predicted octanol–water partition coefficient (Wildman–Crippen LogP) is 2.58. The lowest BCUT2D eigenvalue weighted by atomic mass is 9.99. The first-order chi connectivity index (χ1) is 8.45. The van der Waals surface area contributed by atoms with Crippen LogP contribution >= 0.6 is 0 Å². The highest BCUT2D eigenvalue weighted by Gasteiger charge is 2.11. The second kappa shape index (κ2) is 6.00. The Labute approximate surface area is 106 Å². The van der Waals surface area contributed by atoms with Crippen LogP contribution in [-0.4, -0.2) is 23.7 Å². The van der Waals surface area contributed by atoms with Crippen molar-refractivity contribution < 1.29 is 19.4 Å². The van der Waals surface area contributed by atoms with Gasteiger partial charge in [-0.05, 0) is 43.5 Å². The molecule has 0 unspecified atom stereocenters. The average Bonchev–Trinajstić information content (AvgIpc) is 2.25. The number of benzene rings is 1. The van der Waals surface area contributed by atoms with E-state index in [1.807, 2.05) is 0 Å². The van der Waals surface area contributed by atoms with Gasteiger partial charge in [0.2, 0.25) is 0 Å². The number of ether oxygens (including phenoxy) is 1. The molecule has 0 heterocycles. The number of aromatic carboxylic acids is 1. The van der Waals surface area contributed by atoms with E-state index in [9.17, 15) is 9.59 Å². The first kappa shape index (κ1) is 14.0. The SMILES string of the molecule is CCOC(=O)C=Cc1cc(C)c(C(=O)O)c(C)c1. The minimum Gasteiger partial charge on any atom is -0.478 e. The van der Waals surface area contributed by atoms with Crippen molar-refractivity contribution in [3.8, 4) is 0 Å². The Bertz CT molecular complexity index is 478. The summed E-state index contributed by atoms with van der Waals surface area (Å²) in [6.07, 6.45) is 2.95. The quantitative estimate of drug-likeness (QED) is 0.657. The molecule has 0 amide bonds. The molecular weight excluding hydrogens is 232 g/mol. The average molecular weight is 248 g/mol. The van der Waals surface area contributed by atoms with Crippen LogP contribution in [0.4, 0.5) is 0 Å². The molecule has 0 saturated heterocycles. The number of aryl methyl sites for hydroxylation is 2. The van der Waals surface area contributed by atoms with E-state index in [-0.39, 0.29) is 0 Å². The molecule has 0 spiro atoms. The van der Waals surface area contributed by atoms with Gasteiger partial charge in [0.1, 0.15) is 0 Å². The summed E-state index contributed by atoms with van der Waals surface area (Å²) in [6, 6.07) is 3.46. The second-order valence-corrected chi connectivity index (χ2v) is 3.92. The van der Waals surface area contributed by atoms with Crippen molar-refractivity contribution in [2.24, 2.45) is 0 Å². The molecule has 18 heavy (non-hydrogen) atoms. The van der Waals surface area contributed by atoms with E-state index in [1.54, 1.807) is 39.0 Å². The smallest absolute Gasteiger partial charge is 0.336 e. The van der Waals surface area contributed by atoms with Crippen LogP contribution in [0.1, 0.15) is 34.0 Å². The van der Waals surface area contributed by atoms with E-state index < -0.39 is 11.9 Å². The lowest BCUT2D eigenvalue weighted by Gasteiger charge is -2.06. The topological polar surface area (TPSA) is 63.6 Å². The minimum atomic E-state index is -0.939. The summed E-state index contributed by atoms with van der Waals surface area (Å²) < 4.78 is 4.77. The zero-order chi connectivity index (χ0) is 13.7. The minimum absolute atomic E-state index is 0.309. The number of rotatable bonds is 4. The van der Waals surface area contributed by atoms with E-state index in [1.165, 1.54) is 6.08 Å². The zero-order valence-electron chi connectivity index (χ0n) is 10.7. The molecule has 1 aromatic rings. The summed E-state index contributed by atoms with van der Waals surface area (Å²) in [5.41, 5.74) is 2.43. The van der Waals surface area contributed by atoms with Crippen molar-refractivity contribution in [1.82, 2.24) is 0 Å². The number of carboxylic acid groups (broad SMARTS) is 1. The summed E-state index contributed by atoms with van der Waals surface area (Å²) in [5, 5.41) is 9.03. The Balaban J connectivity index is 3.00. The molecule has 0 aliphatic carbocycles. The molecule has 4 nitrogen and oxygen atoms in total. The molecule has 96 valence electrons. The first-order valence-corrected chi connectivity index (χ1v) is 5.65. The van der Waals surface area contributed by atoms with Gasteiger partial charge in [0.15, 0.2) is 0 Å². The number of esters is 1. The fraction of sp³-hybridized carbons (Fsp3) is 0.286. The van der Waals surface area contributed by atoms with Gasteiger partial charge in [-0.3, -0.25) is 0 Å². The standard InChI is InChI=1S/C14H16O4/c1-4-18-12(15)6-5-11-7-9(2)13(14(16)17)10(3)8-11/h5-8H,4H2,1-3H3,(H,16,17). The third kappa shape index (κ3) is 3.45. The number of hydrogen-bond acceptors (Lipinski definition) is 3. The largest absolute Gasteiger partial charge is 0.478 e. The van der Waals surface area contributed by atoms with Crippen molar-refractivity contribution >= 4 is 18.0 Å². The maximum Gasteiger partial charge on any atom is 0.336 e. The van der Waals surface area contributed by atoms with Gasteiger partial charge in [0.25, 0.3) is 0 Å². The number of hydrogen-bond donors (Lipinski definition) is 1. The van der Waals surface area contributed by atoms with Gasteiger partial charge in [-0.2, -0.15) is 0 Å². The van der Waals surface area contributed by atoms with Crippen molar-refractivity contribution in [2.75, 3.05) is 6.61 Å². The molecule has 0 bridgehead atoms. The van der Waals surface area contributed by atoms with E-state index in [2.05, 4.69) is 0 Å². The van der Waals surface area contributed by atoms with Crippen molar-refractivity contribution in [3.63, 3.8) is 0 Å². The van der Waals surface area contributed by atoms with Crippen LogP contribution in [0, 0.1) is 13.8 Å². The van der Waals surface area contributed by atoms with Gasteiger partial charge >= 0.3 is 11.9 Å². The predicted molar refractivity (Wildman–Crippen MR) is 68.5 cm³/mol. The van der Waals surface area contributed by atoms with Gasteiger partial charge in [0, 0.05) is 6.08 Å². The third-order valence-corrected chi connectivity index (χ3v) is 2.47. The van der Waals surface area contributed by atoms with Crippen LogP contribution in [0.15, 0.2) is 18.2 Å². The Morgan fingerprint density at radius 3 is 2.28 bits per heavy atom. The summed E-state index contributed by atoms with van der Waals surface area (Å²) in [4.78, 5) is 22.2. The van der Waals surface area contributed by atoms with Gasteiger partial charge in [-0.25, -0.2) is 9.59 Å². The summed E-state index contributed by atoms with van der Waals surface area (Å²) in [7, 11) is 0. The maximum absolute atomic E-state index is 11.2. The second-order valence-electron chi connectivity index (χ2n) is 3.92. The summed E-state index contributed by atoms with van der Waals surface area (Å²) >= 11 is 0. The van der Waals surface area contributed by atoms with Gasteiger partial charge in [-0.15, -0.1) is 0 Å². The molecule has 1 rings (SSSR count). The van der Waals surface area contributed by atoms with E-state index >= 15 is 0 Å². The van der Waals surface area contributed by atoms with Crippen LogP contribution in [0.5, 0.6) is 0 Å². The molecule has 1 aromatic carbocycles. The lowest BCUT2D eigenvalue weighted by Crippen LogP contribution is -2.03. The van der Waals surface area contributed by atoms with Crippen molar-refractivity contribution in [1.29, 1.82) is 0 Å². The molecule has 0 aliphatic heterocycles. The molecular formula is C14H16O4. The highest BCUT2D eigenvalue weighted by molar-refractivity contribution is 5.92. The van der Waals surface area contributed by atoms with Crippen LogP contribution in [-0.2, 0) is 9.53 Å². The number of carboxylic acids is 1. The molecule has 0 saturated carbocycles. The molecule has 4 heteroatoms. The molecule has 0 fully saturated rings. The number of carbonyl (C=O) groups excluding carboxylic acids is 1. The molecule has 0 radical (unpaired) electrons. The van der Waals surface area contributed by atoms with Crippen LogP contribution in [0.2, 0.25) is 0 Å². The van der Waals surface area contributed by atoms with E-state index in [0.29, 0.717) is 23.3 Å². The maximum atomic E-state index is 11.2. The van der Waals surface area contributed by atoms with E-state index in [4.69, 9.17) is 9.84 Å². The van der Waals surface area contributed by atoms with Crippen LogP contribution in [0.3, 0.4) is 0 Å². The Morgan fingerprint density at radius 2 is 1.83 bits per heavy atom. The fourth-order valence-corrected chi connectivity index (χ4v) is 1.79. The summed E-state index contributed by atoms with van der Waals surface area (Å²) in [5.74, 6) is -1.35. The zero-order valence-corrected chi connectivity index (χ0v) is 10.7. The third-order valence-electron chi connectivity index (χ3n) is 2.47. The molecule has 0 atom stereocenters. The molecule has 0 aromatic heterocycles. The van der Waals surface area contributed by atoms with Crippen molar-refractivity contribution in [3.05, 3.63) is 40.5 Å². The van der Waals surface area contributed by atoms with Crippen LogP contribution < -0.4 is 0 Å². The first-order valence-electron chi connectivity index (χ1n) is 5.65. The highest BCUT2D eigenvalue weighted by Crippen LogP contribution is 2.17. The monoisotopic (exact) mass is 248 g/mol. The number of carbonyl (C=O) groups is 2.